The van der Waals surface area contributed by atoms with Gasteiger partial charge in [-0.25, -0.2) is 4.79 Å². The minimum atomic E-state index is -4.53. The van der Waals surface area contributed by atoms with Crippen LogP contribution < -0.4 is 5.32 Å². The molecule has 1 aromatic heterocycles. The lowest BCUT2D eigenvalue weighted by Crippen LogP contribution is -2.09. The van der Waals surface area contributed by atoms with E-state index in [0.717, 1.165) is 12.1 Å². The summed E-state index contributed by atoms with van der Waals surface area (Å²) in [4.78, 5) is 10.7. The van der Waals surface area contributed by atoms with Crippen LogP contribution in [0.15, 0.2) is 36.4 Å². The molecule has 0 atom stereocenters. The van der Waals surface area contributed by atoms with Crippen LogP contribution in [-0.4, -0.2) is 21.3 Å². The number of alkyl halides is 3. The van der Waals surface area contributed by atoms with Crippen LogP contribution >= 0.6 is 0 Å². The standard InChI is InChI=1S/C12H8F3N3O2/c13-12(14,15)9-5-6-10(18-17-9)16-8-3-1-7(2-4-8)11(19)20/h1-6H,(H,16,18)(H,19,20). The van der Waals surface area contributed by atoms with E-state index in [2.05, 4.69) is 15.5 Å². The largest absolute Gasteiger partial charge is 0.478 e. The summed E-state index contributed by atoms with van der Waals surface area (Å²) in [7, 11) is 0. The maximum absolute atomic E-state index is 12.3. The van der Waals surface area contributed by atoms with Gasteiger partial charge in [-0.05, 0) is 36.4 Å². The monoisotopic (exact) mass is 283 g/mol. The van der Waals surface area contributed by atoms with Crippen molar-refractivity contribution in [2.45, 2.75) is 6.18 Å². The lowest BCUT2D eigenvalue weighted by atomic mass is 10.2. The van der Waals surface area contributed by atoms with Gasteiger partial charge in [0.2, 0.25) is 0 Å². The van der Waals surface area contributed by atoms with Crippen LogP contribution in [0, 0.1) is 0 Å². The number of carboxylic acids is 1. The maximum atomic E-state index is 12.3. The molecule has 0 aliphatic heterocycles. The van der Waals surface area contributed by atoms with E-state index in [0.29, 0.717) is 5.69 Å². The van der Waals surface area contributed by atoms with Gasteiger partial charge >= 0.3 is 12.1 Å². The Morgan fingerprint density at radius 3 is 2.15 bits per heavy atom. The lowest BCUT2D eigenvalue weighted by Gasteiger charge is -2.07. The van der Waals surface area contributed by atoms with Gasteiger partial charge in [0.15, 0.2) is 11.5 Å². The molecule has 104 valence electrons. The summed E-state index contributed by atoms with van der Waals surface area (Å²) in [6.07, 6.45) is -4.53. The Bertz CT molecular complexity index is 609. The number of rotatable bonds is 3. The predicted molar refractivity (Wildman–Crippen MR) is 63.7 cm³/mol. The molecule has 1 aromatic carbocycles. The van der Waals surface area contributed by atoms with E-state index >= 15 is 0 Å². The van der Waals surface area contributed by atoms with Gasteiger partial charge < -0.3 is 10.4 Å². The van der Waals surface area contributed by atoms with Crippen molar-refractivity contribution in [1.29, 1.82) is 0 Å². The summed E-state index contributed by atoms with van der Waals surface area (Å²) in [5, 5.41) is 17.9. The van der Waals surface area contributed by atoms with Gasteiger partial charge in [-0.15, -0.1) is 10.2 Å². The van der Waals surface area contributed by atoms with Gasteiger partial charge in [-0.1, -0.05) is 0 Å². The number of carbonyl (C=O) groups is 1. The fourth-order valence-electron chi connectivity index (χ4n) is 1.39. The van der Waals surface area contributed by atoms with E-state index in [1.165, 1.54) is 24.3 Å². The van der Waals surface area contributed by atoms with Gasteiger partial charge in [-0.3, -0.25) is 0 Å². The highest BCUT2D eigenvalue weighted by atomic mass is 19.4. The molecule has 0 radical (unpaired) electrons. The number of aromatic carboxylic acids is 1. The van der Waals surface area contributed by atoms with Crippen LogP contribution in [-0.2, 0) is 6.18 Å². The quantitative estimate of drug-likeness (QED) is 0.905. The Morgan fingerprint density at radius 2 is 1.70 bits per heavy atom. The van der Waals surface area contributed by atoms with E-state index in [1.807, 2.05) is 0 Å². The van der Waals surface area contributed by atoms with E-state index < -0.39 is 17.8 Å². The van der Waals surface area contributed by atoms with Crippen LogP contribution in [0.5, 0.6) is 0 Å². The Labute approximate surface area is 111 Å². The summed E-state index contributed by atoms with van der Waals surface area (Å²) < 4.78 is 36.9. The predicted octanol–water partition coefficient (Wildman–Crippen LogP) is 2.94. The number of aromatic nitrogens is 2. The third-order valence-electron chi connectivity index (χ3n) is 2.36. The second-order valence-corrected chi connectivity index (χ2v) is 3.81. The molecule has 5 nitrogen and oxygen atoms in total. The smallest absolute Gasteiger partial charge is 0.435 e. The number of benzene rings is 1. The molecule has 0 aliphatic carbocycles. The summed E-state index contributed by atoms with van der Waals surface area (Å²) in [5.41, 5.74) is -0.484. The molecule has 1 heterocycles. The minimum Gasteiger partial charge on any atom is -0.478 e. The number of hydrogen-bond donors (Lipinski definition) is 2. The molecule has 0 saturated carbocycles. The Balaban J connectivity index is 2.12. The molecule has 8 heteroatoms. The van der Waals surface area contributed by atoms with Gasteiger partial charge in [-0.2, -0.15) is 13.2 Å². The van der Waals surface area contributed by atoms with Crippen LogP contribution in [0.25, 0.3) is 0 Å². The van der Waals surface area contributed by atoms with Gasteiger partial charge in [0, 0.05) is 5.69 Å². The maximum Gasteiger partial charge on any atom is 0.435 e. The van der Waals surface area contributed by atoms with Gasteiger partial charge in [0.25, 0.3) is 0 Å². The summed E-state index contributed by atoms with van der Waals surface area (Å²) in [5.74, 6) is -0.938. The minimum absolute atomic E-state index is 0.106. The first kappa shape index (κ1) is 13.8. The number of nitrogens with one attached hydrogen (secondary N) is 1. The van der Waals surface area contributed by atoms with Crippen molar-refractivity contribution in [3.8, 4) is 0 Å². The van der Waals surface area contributed by atoms with Gasteiger partial charge in [0.05, 0.1) is 5.56 Å². The molecule has 0 aliphatic rings. The number of nitrogens with zero attached hydrogens (tertiary/aromatic N) is 2. The second-order valence-electron chi connectivity index (χ2n) is 3.81. The highest BCUT2D eigenvalue weighted by Gasteiger charge is 2.32. The first-order valence-corrected chi connectivity index (χ1v) is 5.37. The molecular weight excluding hydrogens is 275 g/mol. The number of carboxylic acid groups (broad SMARTS) is 1. The lowest BCUT2D eigenvalue weighted by molar-refractivity contribution is -0.141. The summed E-state index contributed by atoms with van der Waals surface area (Å²) >= 11 is 0. The Kier molecular flexibility index (Phi) is 3.55. The van der Waals surface area contributed by atoms with E-state index in [4.69, 9.17) is 5.11 Å². The zero-order valence-corrected chi connectivity index (χ0v) is 9.85. The van der Waals surface area contributed by atoms with Gasteiger partial charge in [0.1, 0.15) is 0 Å². The first-order valence-electron chi connectivity index (χ1n) is 5.37. The highest BCUT2D eigenvalue weighted by Crippen LogP contribution is 2.27. The SMILES string of the molecule is O=C(O)c1ccc(Nc2ccc(C(F)(F)F)nn2)cc1. The Morgan fingerprint density at radius 1 is 1.05 bits per heavy atom. The van der Waals surface area contributed by atoms with E-state index in [1.54, 1.807) is 0 Å². The second kappa shape index (κ2) is 5.16. The van der Waals surface area contributed by atoms with Crippen LogP contribution in [0.2, 0.25) is 0 Å². The third kappa shape index (κ3) is 3.22. The van der Waals surface area contributed by atoms with Crippen molar-refractivity contribution in [3.05, 3.63) is 47.7 Å². The summed E-state index contributed by atoms with van der Waals surface area (Å²) in [6.45, 7) is 0. The van der Waals surface area contributed by atoms with Crippen molar-refractivity contribution in [3.63, 3.8) is 0 Å². The third-order valence-corrected chi connectivity index (χ3v) is 2.36. The first-order chi connectivity index (χ1) is 9.36. The van der Waals surface area contributed by atoms with Crippen LogP contribution in [0.1, 0.15) is 16.1 Å². The molecule has 0 unspecified atom stereocenters. The van der Waals surface area contributed by atoms with Crippen molar-refractivity contribution in [2.24, 2.45) is 0 Å². The number of anilines is 2. The number of halogens is 3. The zero-order chi connectivity index (χ0) is 14.8. The summed E-state index contributed by atoms with van der Waals surface area (Å²) in [6, 6.07) is 7.62. The molecule has 0 amide bonds. The Hall–Kier alpha value is -2.64. The van der Waals surface area contributed by atoms with Crippen molar-refractivity contribution in [1.82, 2.24) is 10.2 Å². The molecular formula is C12H8F3N3O2. The molecule has 2 aromatic rings. The van der Waals surface area contributed by atoms with Crippen LogP contribution in [0.4, 0.5) is 24.7 Å². The molecule has 0 spiro atoms. The average molecular weight is 283 g/mol. The van der Waals surface area contributed by atoms with Crippen molar-refractivity contribution in [2.75, 3.05) is 5.32 Å². The van der Waals surface area contributed by atoms with E-state index in [-0.39, 0.29) is 11.4 Å². The average Bonchev–Trinajstić information content (AvgIpc) is 2.39. The van der Waals surface area contributed by atoms with Crippen molar-refractivity contribution < 1.29 is 23.1 Å². The number of hydrogen-bond acceptors (Lipinski definition) is 4. The fraction of sp³-hybridized carbons (Fsp3) is 0.0833. The molecule has 2 rings (SSSR count). The van der Waals surface area contributed by atoms with Crippen LogP contribution in [0.3, 0.4) is 0 Å². The fourth-order valence-corrected chi connectivity index (χ4v) is 1.39. The highest BCUT2D eigenvalue weighted by molar-refractivity contribution is 5.88. The van der Waals surface area contributed by atoms with Crippen molar-refractivity contribution >= 4 is 17.5 Å². The molecule has 0 fully saturated rings. The van der Waals surface area contributed by atoms with E-state index in [9.17, 15) is 18.0 Å². The molecule has 0 saturated heterocycles. The normalized spacial score (nSPS) is 11.2. The molecule has 2 N–H and O–H groups in total. The topological polar surface area (TPSA) is 75.1 Å². The zero-order valence-electron chi connectivity index (χ0n) is 9.85. The molecule has 0 bridgehead atoms. The molecule has 20 heavy (non-hydrogen) atoms.